The zero-order valence-corrected chi connectivity index (χ0v) is 18.6. The molecule has 0 aliphatic carbocycles. The molecule has 4 rings (SSSR count). The number of rotatable bonds is 6. The fraction of sp³-hybridized carbons (Fsp3) is 0.0769. The van der Waals surface area contributed by atoms with E-state index >= 15 is 0 Å². The minimum atomic E-state index is -0.137. The molecule has 0 saturated carbocycles. The molecule has 1 amide bonds. The summed E-state index contributed by atoms with van der Waals surface area (Å²) in [5.41, 5.74) is 6.39. The highest BCUT2D eigenvalue weighted by Crippen LogP contribution is 2.29. The molecule has 1 aromatic heterocycles. The Labute approximate surface area is 191 Å². The second-order valence-corrected chi connectivity index (χ2v) is 8.50. The molecule has 0 aliphatic rings. The van der Waals surface area contributed by atoms with Crippen LogP contribution in [-0.4, -0.2) is 10.9 Å². The van der Waals surface area contributed by atoms with E-state index in [1.165, 1.54) is 11.6 Å². The molecular formula is C26H21ClN2OS. The second-order valence-electron chi connectivity index (χ2n) is 7.20. The maximum absolute atomic E-state index is 12.1. The van der Waals surface area contributed by atoms with Crippen molar-refractivity contribution in [2.75, 3.05) is 0 Å². The Morgan fingerprint density at radius 1 is 0.968 bits per heavy atom. The average Bonchev–Trinajstić information content (AvgIpc) is 3.28. The van der Waals surface area contributed by atoms with Crippen molar-refractivity contribution in [2.24, 2.45) is 0 Å². The fourth-order valence-corrected chi connectivity index (χ4v) is 3.98. The number of hydrogen-bond acceptors (Lipinski definition) is 3. The molecule has 0 saturated heterocycles. The van der Waals surface area contributed by atoms with E-state index in [1.807, 2.05) is 36.4 Å². The van der Waals surface area contributed by atoms with E-state index in [0.29, 0.717) is 11.6 Å². The SMILES string of the molecule is Cc1ccc(-c2csc(-c3ccc(CNC(=O)/C=C/c4ccc(Cl)cc4)cc3)n2)cc1. The zero-order valence-electron chi connectivity index (χ0n) is 17.0. The third-order valence-electron chi connectivity index (χ3n) is 4.82. The zero-order chi connectivity index (χ0) is 21.6. The fourth-order valence-electron chi connectivity index (χ4n) is 3.02. The predicted molar refractivity (Wildman–Crippen MR) is 130 cm³/mol. The van der Waals surface area contributed by atoms with Crippen LogP contribution < -0.4 is 5.32 Å². The molecule has 3 aromatic carbocycles. The number of aromatic nitrogens is 1. The van der Waals surface area contributed by atoms with Crippen molar-refractivity contribution in [1.82, 2.24) is 10.3 Å². The molecule has 0 bridgehead atoms. The van der Waals surface area contributed by atoms with E-state index < -0.39 is 0 Å². The van der Waals surface area contributed by atoms with Gasteiger partial charge in [-0.05, 0) is 36.3 Å². The first-order valence-electron chi connectivity index (χ1n) is 9.90. The van der Waals surface area contributed by atoms with Crippen LogP contribution in [0.4, 0.5) is 0 Å². The van der Waals surface area contributed by atoms with Gasteiger partial charge in [-0.2, -0.15) is 0 Å². The minimum Gasteiger partial charge on any atom is -0.348 e. The number of halogens is 1. The van der Waals surface area contributed by atoms with E-state index in [0.717, 1.165) is 33.0 Å². The number of aryl methyl sites for hydroxylation is 1. The number of nitrogens with one attached hydrogen (secondary N) is 1. The van der Waals surface area contributed by atoms with Gasteiger partial charge >= 0.3 is 0 Å². The Kier molecular flexibility index (Phi) is 6.60. The van der Waals surface area contributed by atoms with Crippen LogP contribution in [0.5, 0.6) is 0 Å². The van der Waals surface area contributed by atoms with E-state index in [2.05, 4.69) is 41.9 Å². The molecule has 0 fully saturated rings. The Morgan fingerprint density at radius 2 is 1.65 bits per heavy atom. The summed E-state index contributed by atoms with van der Waals surface area (Å²) in [4.78, 5) is 16.8. The lowest BCUT2D eigenvalue weighted by Gasteiger charge is -2.04. The summed E-state index contributed by atoms with van der Waals surface area (Å²) < 4.78 is 0. The van der Waals surface area contributed by atoms with Crippen molar-refractivity contribution >= 4 is 34.9 Å². The molecule has 4 aromatic rings. The smallest absolute Gasteiger partial charge is 0.244 e. The van der Waals surface area contributed by atoms with Gasteiger partial charge in [-0.3, -0.25) is 4.79 Å². The van der Waals surface area contributed by atoms with Crippen LogP contribution in [0.2, 0.25) is 5.02 Å². The maximum atomic E-state index is 12.1. The predicted octanol–water partition coefficient (Wildman–Crippen LogP) is 6.77. The molecule has 1 heterocycles. The highest BCUT2D eigenvalue weighted by Gasteiger charge is 2.07. The van der Waals surface area contributed by atoms with Crippen LogP contribution in [0, 0.1) is 6.92 Å². The summed E-state index contributed by atoms with van der Waals surface area (Å²) in [6.07, 6.45) is 3.29. The first-order chi connectivity index (χ1) is 15.1. The summed E-state index contributed by atoms with van der Waals surface area (Å²) >= 11 is 7.50. The van der Waals surface area contributed by atoms with E-state index in [-0.39, 0.29) is 5.91 Å². The number of nitrogens with zero attached hydrogens (tertiary/aromatic N) is 1. The molecule has 0 atom stereocenters. The molecule has 1 N–H and O–H groups in total. The third-order valence-corrected chi connectivity index (χ3v) is 5.96. The average molecular weight is 445 g/mol. The second kappa shape index (κ2) is 9.73. The number of thiazole rings is 1. The molecule has 0 radical (unpaired) electrons. The number of hydrogen-bond donors (Lipinski definition) is 1. The summed E-state index contributed by atoms with van der Waals surface area (Å²) in [6, 6.07) is 23.9. The van der Waals surface area contributed by atoms with Crippen molar-refractivity contribution in [3.8, 4) is 21.8 Å². The van der Waals surface area contributed by atoms with Crippen molar-refractivity contribution < 1.29 is 4.79 Å². The Bertz CT molecular complexity index is 1190. The van der Waals surface area contributed by atoms with Gasteiger partial charge in [0.15, 0.2) is 0 Å². The number of carbonyl (C=O) groups excluding carboxylic acids is 1. The summed E-state index contributed by atoms with van der Waals surface area (Å²) in [7, 11) is 0. The maximum Gasteiger partial charge on any atom is 0.244 e. The van der Waals surface area contributed by atoms with Crippen molar-refractivity contribution in [3.63, 3.8) is 0 Å². The van der Waals surface area contributed by atoms with E-state index in [9.17, 15) is 4.79 Å². The Hall–Kier alpha value is -3.21. The van der Waals surface area contributed by atoms with Crippen molar-refractivity contribution in [3.05, 3.63) is 106 Å². The molecule has 0 aliphatic heterocycles. The van der Waals surface area contributed by atoms with Gasteiger partial charge in [-0.25, -0.2) is 4.98 Å². The van der Waals surface area contributed by atoms with E-state index in [1.54, 1.807) is 29.5 Å². The third kappa shape index (κ3) is 5.69. The Balaban J connectivity index is 1.34. The largest absolute Gasteiger partial charge is 0.348 e. The van der Waals surface area contributed by atoms with Crippen LogP contribution in [0.25, 0.3) is 27.9 Å². The lowest BCUT2D eigenvalue weighted by molar-refractivity contribution is -0.116. The van der Waals surface area contributed by atoms with Gasteiger partial charge in [0.05, 0.1) is 5.69 Å². The number of benzene rings is 3. The summed E-state index contributed by atoms with van der Waals surface area (Å²) in [5.74, 6) is -0.137. The van der Waals surface area contributed by atoms with Crippen LogP contribution in [-0.2, 0) is 11.3 Å². The molecule has 5 heteroatoms. The van der Waals surface area contributed by atoms with Gasteiger partial charge in [0.2, 0.25) is 5.91 Å². The monoisotopic (exact) mass is 444 g/mol. The molecule has 154 valence electrons. The van der Waals surface area contributed by atoms with Crippen LogP contribution in [0.15, 0.2) is 84.3 Å². The lowest BCUT2D eigenvalue weighted by Crippen LogP contribution is -2.20. The molecule has 3 nitrogen and oxygen atoms in total. The molecule has 0 spiro atoms. The van der Waals surface area contributed by atoms with Gasteiger partial charge in [0.25, 0.3) is 0 Å². The highest BCUT2D eigenvalue weighted by molar-refractivity contribution is 7.13. The lowest BCUT2D eigenvalue weighted by atomic mass is 10.1. The summed E-state index contributed by atoms with van der Waals surface area (Å²) in [6.45, 7) is 2.55. The summed E-state index contributed by atoms with van der Waals surface area (Å²) in [5, 5.41) is 6.65. The van der Waals surface area contributed by atoms with Crippen LogP contribution in [0.1, 0.15) is 16.7 Å². The normalized spacial score (nSPS) is 11.0. The quantitative estimate of drug-likeness (QED) is 0.333. The first kappa shape index (κ1) is 21.0. The number of carbonyl (C=O) groups is 1. The van der Waals surface area contributed by atoms with Gasteiger partial charge in [-0.1, -0.05) is 77.8 Å². The van der Waals surface area contributed by atoms with Crippen LogP contribution >= 0.6 is 22.9 Å². The van der Waals surface area contributed by atoms with Crippen molar-refractivity contribution in [1.29, 1.82) is 0 Å². The molecule has 0 unspecified atom stereocenters. The minimum absolute atomic E-state index is 0.137. The Morgan fingerprint density at radius 3 is 2.35 bits per heavy atom. The topological polar surface area (TPSA) is 42.0 Å². The van der Waals surface area contributed by atoms with Crippen molar-refractivity contribution in [2.45, 2.75) is 13.5 Å². The van der Waals surface area contributed by atoms with Crippen LogP contribution in [0.3, 0.4) is 0 Å². The number of amides is 1. The standard InChI is InChI=1S/C26H21ClN2OS/c1-18-2-9-21(10-3-18)24-17-31-26(29-24)22-11-4-20(5-12-22)16-28-25(30)15-8-19-6-13-23(27)14-7-19/h2-15,17H,16H2,1H3,(H,28,30)/b15-8+. The molecular weight excluding hydrogens is 424 g/mol. The molecule has 31 heavy (non-hydrogen) atoms. The first-order valence-corrected chi connectivity index (χ1v) is 11.2. The van der Waals surface area contributed by atoms with Gasteiger partial charge in [0.1, 0.15) is 5.01 Å². The van der Waals surface area contributed by atoms with E-state index in [4.69, 9.17) is 16.6 Å². The van der Waals surface area contributed by atoms with Gasteiger partial charge in [-0.15, -0.1) is 11.3 Å². The van der Waals surface area contributed by atoms with Gasteiger partial charge < -0.3 is 5.32 Å². The highest BCUT2D eigenvalue weighted by atomic mass is 35.5. The van der Waals surface area contributed by atoms with Gasteiger partial charge in [0, 0.05) is 34.2 Å².